The van der Waals surface area contributed by atoms with E-state index in [0.29, 0.717) is 33.2 Å². The van der Waals surface area contributed by atoms with Crippen molar-refractivity contribution in [3.05, 3.63) is 0 Å². The third-order valence-corrected chi connectivity index (χ3v) is 19.7. The molecule has 0 aromatic carbocycles. The second kappa shape index (κ2) is 16.6. The minimum atomic E-state index is -1.74. The van der Waals surface area contributed by atoms with Crippen molar-refractivity contribution >= 4 is 16.1 Å². The molecule has 0 N–H and O–H groups in total. The molecular weight excluding hydrogens is 465 g/mol. The molecule has 36 heavy (non-hydrogen) atoms. The van der Waals surface area contributed by atoms with Crippen molar-refractivity contribution in [1.82, 2.24) is 0 Å². The molecule has 0 aromatic heterocycles. The molecule has 0 atom stereocenters. The van der Waals surface area contributed by atoms with Crippen molar-refractivity contribution in [1.29, 1.82) is 0 Å². The van der Waals surface area contributed by atoms with Gasteiger partial charge in [-0.25, -0.2) is 0 Å². The molecule has 0 rings (SSSR count). The van der Waals surface area contributed by atoms with E-state index in [1.54, 1.807) is 0 Å². The Morgan fingerprint density at radius 2 is 0.389 bits per heavy atom. The van der Waals surface area contributed by atoms with Gasteiger partial charge in [0.1, 0.15) is 16.1 Å². The van der Waals surface area contributed by atoms with Crippen LogP contribution >= 0.6 is 0 Å². The second-order valence-electron chi connectivity index (χ2n) is 10.8. The fraction of sp³-hybridized carbons (Fsp3) is 0.529. The standard InChI is InChI=1S/C34H42Si2/c1-29(2)35(30(3)4,31(5)6)27-25-23-21-19-17-15-13-14-16-18-20-22-24-26-28-36(32(7)8,33(9)10)34(11)12/h29-34H,1-12H3. The molecule has 0 aliphatic rings. The number of hydrogen-bond acceptors (Lipinski definition) is 0. The Morgan fingerprint density at radius 3 is 0.528 bits per heavy atom. The smallest absolute Gasteiger partial charge is 0.116 e. The van der Waals surface area contributed by atoms with Gasteiger partial charge in [-0.1, -0.05) is 83.1 Å². The van der Waals surface area contributed by atoms with Crippen LogP contribution < -0.4 is 0 Å². The lowest BCUT2D eigenvalue weighted by Gasteiger charge is -2.37. The molecule has 0 saturated heterocycles. The highest BCUT2D eigenvalue weighted by Crippen LogP contribution is 2.41. The van der Waals surface area contributed by atoms with E-state index in [4.69, 9.17) is 0 Å². The minimum absolute atomic E-state index is 0.588. The largest absolute Gasteiger partial charge is 0.147 e. The van der Waals surface area contributed by atoms with Gasteiger partial charge in [0, 0.05) is 0 Å². The first-order valence-corrected chi connectivity index (χ1v) is 17.4. The van der Waals surface area contributed by atoms with E-state index in [2.05, 4.69) is 177 Å². The van der Waals surface area contributed by atoms with Crippen LogP contribution in [0.15, 0.2) is 0 Å². The predicted octanol–water partition coefficient (Wildman–Crippen LogP) is 7.45. The third kappa shape index (κ3) is 9.52. The van der Waals surface area contributed by atoms with Gasteiger partial charge in [0.15, 0.2) is 0 Å². The summed E-state index contributed by atoms with van der Waals surface area (Å²) in [6.45, 7) is 27.4. The lowest BCUT2D eigenvalue weighted by molar-refractivity contribution is 0.838. The van der Waals surface area contributed by atoms with Gasteiger partial charge in [0.2, 0.25) is 0 Å². The molecule has 0 aromatic rings. The molecule has 186 valence electrons. The van der Waals surface area contributed by atoms with Gasteiger partial charge in [-0.05, 0) is 116 Å². The fourth-order valence-corrected chi connectivity index (χ4v) is 15.8. The van der Waals surface area contributed by atoms with Gasteiger partial charge in [0.05, 0.1) is 0 Å². The first-order chi connectivity index (χ1) is 16.9. The van der Waals surface area contributed by atoms with Crippen LogP contribution in [-0.2, 0) is 0 Å². The Kier molecular flexibility index (Phi) is 15.1. The second-order valence-corrected chi connectivity index (χ2v) is 22.0. The molecule has 0 saturated carbocycles. The van der Waals surface area contributed by atoms with Crippen molar-refractivity contribution in [2.45, 2.75) is 116 Å². The molecule has 0 bridgehead atoms. The van der Waals surface area contributed by atoms with E-state index < -0.39 is 16.1 Å². The maximum atomic E-state index is 3.55. The molecule has 0 aliphatic heterocycles. The summed E-state index contributed by atoms with van der Waals surface area (Å²) >= 11 is 0. The lowest BCUT2D eigenvalue weighted by Crippen LogP contribution is -2.43. The van der Waals surface area contributed by atoms with Crippen molar-refractivity contribution in [3.8, 4) is 94.0 Å². The Balaban J connectivity index is 5.20. The van der Waals surface area contributed by atoms with Crippen molar-refractivity contribution in [2.75, 3.05) is 0 Å². The molecule has 0 amide bonds. The summed E-state index contributed by atoms with van der Waals surface area (Å²) in [4.78, 5) is 0. The van der Waals surface area contributed by atoms with Gasteiger partial charge in [-0.15, -0.1) is 11.1 Å². The SMILES string of the molecule is CC(C)[Si](C#CC#CC#CC#CC#CC#CC#CC#C[Si](C(C)C)(C(C)C)C(C)C)(C(C)C)C(C)C. The highest BCUT2D eigenvalue weighted by Gasteiger charge is 2.42. The van der Waals surface area contributed by atoms with E-state index in [1.165, 1.54) is 0 Å². The third-order valence-electron chi connectivity index (χ3n) is 7.10. The maximum absolute atomic E-state index is 3.55. The summed E-state index contributed by atoms with van der Waals surface area (Å²) in [5.74, 6) is 38.8. The zero-order valence-electron chi connectivity index (χ0n) is 24.5. The van der Waals surface area contributed by atoms with Crippen LogP contribution in [0, 0.1) is 94.0 Å². The van der Waals surface area contributed by atoms with Crippen LogP contribution in [0.4, 0.5) is 0 Å². The van der Waals surface area contributed by atoms with Crippen molar-refractivity contribution in [3.63, 3.8) is 0 Å². The highest BCUT2D eigenvalue weighted by molar-refractivity contribution is 6.91. The fourth-order valence-electron chi connectivity index (χ4n) is 5.52. The molecule has 0 heterocycles. The zero-order valence-corrected chi connectivity index (χ0v) is 26.5. The van der Waals surface area contributed by atoms with E-state index in [0.717, 1.165) is 0 Å². The van der Waals surface area contributed by atoms with Crippen LogP contribution in [0.1, 0.15) is 83.1 Å². The Morgan fingerprint density at radius 1 is 0.250 bits per heavy atom. The monoisotopic (exact) mass is 506 g/mol. The quantitative estimate of drug-likeness (QED) is 0.259. The number of hydrogen-bond donors (Lipinski definition) is 0. The van der Waals surface area contributed by atoms with Crippen LogP contribution in [-0.4, -0.2) is 16.1 Å². The van der Waals surface area contributed by atoms with Gasteiger partial charge in [0.25, 0.3) is 0 Å². The van der Waals surface area contributed by atoms with Crippen LogP contribution in [0.25, 0.3) is 0 Å². The minimum Gasteiger partial charge on any atom is -0.116 e. The zero-order chi connectivity index (χ0) is 27.8. The first kappa shape index (κ1) is 32.9. The summed E-state index contributed by atoms with van der Waals surface area (Å²) in [6.07, 6.45) is 0. The normalized spacial score (nSPS) is 9.94. The van der Waals surface area contributed by atoms with Crippen LogP contribution in [0.3, 0.4) is 0 Å². The van der Waals surface area contributed by atoms with Crippen LogP contribution in [0.5, 0.6) is 0 Å². The highest BCUT2D eigenvalue weighted by atomic mass is 28.3. The van der Waals surface area contributed by atoms with Gasteiger partial charge in [-0.2, -0.15) is 0 Å². The van der Waals surface area contributed by atoms with E-state index >= 15 is 0 Å². The Labute approximate surface area is 226 Å². The maximum Gasteiger partial charge on any atom is 0.147 e. The molecule has 0 fully saturated rings. The summed E-state index contributed by atoms with van der Waals surface area (Å²) in [7, 11) is -3.48. The van der Waals surface area contributed by atoms with E-state index in [9.17, 15) is 0 Å². The molecule has 0 radical (unpaired) electrons. The molecule has 0 aliphatic carbocycles. The van der Waals surface area contributed by atoms with Gasteiger partial charge < -0.3 is 0 Å². The van der Waals surface area contributed by atoms with E-state index in [1.807, 2.05) is 0 Å². The van der Waals surface area contributed by atoms with Crippen molar-refractivity contribution in [2.24, 2.45) is 0 Å². The Hall–Kier alpha value is -3.09. The number of rotatable bonds is 6. The average molecular weight is 507 g/mol. The lowest BCUT2D eigenvalue weighted by atomic mass is 10.5. The summed E-state index contributed by atoms with van der Waals surface area (Å²) in [6, 6.07) is 0. The average Bonchev–Trinajstić information content (AvgIpc) is 2.76. The Bertz CT molecular complexity index is 1100. The van der Waals surface area contributed by atoms with Crippen LogP contribution in [0.2, 0.25) is 33.2 Å². The van der Waals surface area contributed by atoms with Gasteiger partial charge >= 0.3 is 0 Å². The van der Waals surface area contributed by atoms with Crippen molar-refractivity contribution < 1.29 is 0 Å². The summed E-state index contributed by atoms with van der Waals surface area (Å²) in [5.41, 5.74) is 10.6. The molecular formula is C34H42Si2. The predicted molar refractivity (Wildman–Crippen MR) is 164 cm³/mol. The topological polar surface area (TPSA) is 0 Å². The van der Waals surface area contributed by atoms with E-state index in [-0.39, 0.29) is 0 Å². The molecule has 0 spiro atoms. The first-order valence-electron chi connectivity index (χ1n) is 12.9. The molecule has 0 unspecified atom stereocenters. The summed E-state index contributed by atoms with van der Waals surface area (Å²) in [5, 5.41) is 0. The molecule has 2 heteroatoms. The molecule has 0 nitrogen and oxygen atoms in total. The van der Waals surface area contributed by atoms with Gasteiger partial charge in [-0.3, -0.25) is 0 Å². The summed E-state index contributed by atoms with van der Waals surface area (Å²) < 4.78 is 0.